The lowest BCUT2D eigenvalue weighted by Crippen LogP contribution is -2.40. The highest BCUT2D eigenvalue weighted by Gasteiger charge is 2.23. The lowest BCUT2D eigenvalue weighted by Gasteiger charge is -2.32. The second kappa shape index (κ2) is 8.29. The molecule has 164 valence electrons. The zero-order valence-corrected chi connectivity index (χ0v) is 17.7. The summed E-state index contributed by atoms with van der Waals surface area (Å²) in [5.41, 5.74) is 1.77. The SMILES string of the molecule is Cn1cc(C(=O)NCC2CCN(c3nc4c(cnn4-c4ccccc4)c(=O)[nH]3)CC2)cn1. The van der Waals surface area contributed by atoms with Gasteiger partial charge in [0.25, 0.3) is 11.5 Å². The van der Waals surface area contributed by atoms with Crippen LogP contribution in [0, 0.1) is 5.92 Å². The van der Waals surface area contributed by atoms with E-state index in [-0.39, 0.29) is 11.5 Å². The Kier molecular flexibility index (Phi) is 5.18. The van der Waals surface area contributed by atoms with Crippen LogP contribution in [0.4, 0.5) is 5.95 Å². The molecule has 1 fully saturated rings. The number of aromatic nitrogens is 6. The molecule has 10 heteroatoms. The Bertz CT molecular complexity index is 1300. The number of anilines is 1. The van der Waals surface area contributed by atoms with Crippen molar-refractivity contribution in [2.75, 3.05) is 24.5 Å². The minimum Gasteiger partial charge on any atom is -0.352 e. The third-order valence-electron chi connectivity index (χ3n) is 5.86. The van der Waals surface area contributed by atoms with Crippen molar-refractivity contribution in [1.29, 1.82) is 0 Å². The van der Waals surface area contributed by atoms with Gasteiger partial charge in [-0.3, -0.25) is 19.3 Å². The number of nitrogens with one attached hydrogen (secondary N) is 2. The van der Waals surface area contributed by atoms with E-state index in [1.807, 2.05) is 30.3 Å². The minimum absolute atomic E-state index is 0.105. The summed E-state index contributed by atoms with van der Waals surface area (Å²) >= 11 is 0. The number of carbonyl (C=O) groups excluding carboxylic acids is 1. The van der Waals surface area contributed by atoms with Crippen LogP contribution in [-0.2, 0) is 7.05 Å². The van der Waals surface area contributed by atoms with Gasteiger partial charge in [-0.1, -0.05) is 18.2 Å². The predicted octanol–water partition coefficient (Wildman–Crippen LogP) is 1.49. The van der Waals surface area contributed by atoms with Crippen molar-refractivity contribution in [3.05, 3.63) is 64.8 Å². The van der Waals surface area contributed by atoms with Crippen molar-refractivity contribution in [2.45, 2.75) is 12.8 Å². The monoisotopic (exact) mass is 432 g/mol. The number of fused-ring (bicyclic) bond motifs is 1. The first-order valence-electron chi connectivity index (χ1n) is 10.6. The maximum absolute atomic E-state index is 12.6. The number of aromatic amines is 1. The van der Waals surface area contributed by atoms with E-state index >= 15 is 0 Å². The zero-order valence-electron chi connectivity index (χ0n) is 17.7. The molecule has 1 aromatic carbocycles. The van der Waals surface area contributed by atoms with E-state index < -0.39 is 0 Å². The van der Waals surface area contributed by atoms with Gasteiger partial charge in [0.15, 0.2) is 5.65 Å². The fourth-order valence-electron chi connectivity index (χ4n) is 4.04. The van der Waals surface area contributed by atoms with E-state index in [0.717, 1.165) is 31.6 Å². The first kappa shape index (κ1) is 20.0. The highest BCUT2D eigenvalue weighted by Crippen LogP contribution is 2.22. The molecule has 3 aromatic heterocycles. The standard InChI is InChI=1S/C22H24N8O2/c1-28-14-16(12-24-28)20(31)23-11-15-7-9-29(10-8-15)22-26-19-18(21(32)27-22)13-25-30(19)17-5-3-2-4-6-17/h2-6,12-15H,7-11H2,1H3,(H,23,31)(H,26,27,32). The number of hydrogen-bond acceptors (Lipinski definition) is 6. The summed E-state index contributed by atoms with van der Waals surface area (Å²) in [6.45, 7) is 2.12. The van der Waals surface area contributed by atoms with Crippen molar-refractivity contribution >= 4 is 22.9 Å². The number of amides is 1. The normalized spacial score (nSPS) is 14.7. The minimum atomic E-state index is -0.196. The van der Waals surface area contributed by atoms with Crippen LogP contribution in [0.15, 0.2) is 53.7 Å². The largest absolute Gasteiger partial charge is 0.352 e. The van der Waals surface area contributed by atoms with Crippen molar-refractivity contribution in [1.82, 2.24) is 34.8 Å². The maximum atomic E-state index is 12.6. The Balaban J connectivity index is 1.27. The molecule has 5 rings (SSSR count). The van der Waals surface area contributed by atoms with Crippen LogP contribution in [0.25, 0.3) is 16.7 Å². The number of nitrogens with zero attached hydrogens (tertiary/aromatic N) is 6. The average Bonchev–Trinajstić information content (AvgIpc) is 3.45. The zero-order chi connectivity index (χ0) is 22.1. The van der Waals surface area contributed by atoms with Crippen LogP contribution >= 0.6 is 0 Å². The van der Waals surface area contributed by atoms with Crippen molar-refractivity contribution in [3.8, 4) is 5.69 Å². The Morgan fingerprint density at radius 1 is 1.16 bits per heavy atom. The Hall–Kier alpha value is -3.95. The molecule has 1 aliphatic heterocycles. The Morgan fingerprint density at radius 3 is 2.66 bits per heavy atom. The third kappa shape index (κ3) is 3.86. The van der Waals surface area contributed by atoms with Gasteiger partial charge >= 0.3 is 0 Å². The molecule has 1 aliphatic rings. The van der Waals surface area contributed by atoms with E-state index in [4.69, 9.17) is 4.98 Å². The highest BCUT2D eigenvalue weighted by molar-refractivity contribution is 5.93. The topological polar surface area (TPSA) is 114 Å². The first-order chi connectivity index (χ1) is 15.6. The maximum Gasteiger partial charge on any atom is 0.263 e. The van der Waals surface area contributed by atoms with Gasteiger partial charge in [-0.15, -0.1) is 0 Å². The molecule has 0 aliphatic carbocycles. The van der Waals surface area contributed by atoms with Gasteiger partial charge in [-0.2, -0.15) is 15.2 Å². The smallest absolute Gasteiger partial charge is 0.263 e. The van der Waals surface area contributed by atoms with Gasteiger partial charge < -0.3 is 10.2 Å². The first-order valence-corrected chi connectivity index (χ1v) is 10.6. The van der Waals surface area contributed by atoms with Crippen LogP contribution in [0.1, 0.15) is 23.2 Å². The van der Waals surface area contributed by atoms with Crippen LogP contribution < -0.4 is 15.8 Å². The summed E-state index contributed by atoms with van der Waals surface area (Å²) in [6, 6.07) is 9.65. The molecule has 4 heterocycles. The number of H-pyrrole nitrogens is 1. The summed E-state index contributed by atoms with van der Waals surface area (Å²) in [5, 5.41) is 11.9. The van der Waals surface area contributed by atoms with Gasteiger partial charge in [0.2, 0.25) is 5.95 Å². The second-order valence-corrected chi connectivity index (χ2v) is 8.06. The number of benzene rings is 1. The van der Waals surface area contributed by atoms with Crippen LogP contribution in [0.3, 0.4) is 0 Å². The lowest BCUT2D eigenvalue weighted by atomic mass is 9.97. The van der Waals surface area contributed by atoms with Gasteiger partial charge in [0.1, 0.15) is 5.39 Å². The fourth-order valence-corrected chi connectivity index (χ4v) is 4.04. The third-order valence-corrected chi connectivity index (χ3v) is 5.86. The van der Waals surface area contributed by atoms with Crippen molar-refractivity contribution in [3.63, 3.8) is 0 Å². The summed E-state index contributed by atoms with van der Waals surface area (Å²) < 4.78 is 3.30. The molecule has 10 nitrogen and oxygen atoms in total. The molecule has 0 atom stereocenters. The van der Waals surface area contributed by atoms with Gasteiger partial charge in [-0.05, 0) is 30.9 Å². The number of carbonyl (C=O) groups is 1. The molecule has 0 unspecified atom stereocenters. The predicted molar refractivity (Wildman–Crippen MR) is 120 cm³/mol. The average molecular weight is 432 g/mol. The summed E-state index contributed by atoms with van der Waals surface area (Å²) in [6.07, 6.45) is 6.61. The number of hydrogen-bond donors (Lipinski definition) is 2. The lowest BCUT2D eigenvalue weighted by molar-refractivity contribution is 0.0945. The van der Waals surface area contributed by atoms with Gasteiger partial charge in [-0.25, -0.2) is 4.68 Å². The molecule has 1 saturated heterocycles. The Morgan fingerprint density at radius 2 is 1.94 bits per heavy atom. The summed E-state index contributed by atoms with van der Waals surface area (Å²) in [7, 11) is 1.79. The molecule has 32 heavy (non-hydrogen) atoms. The number of piperidine rings is 1. The molecule has 0 spiro atoms. The fraction of sp³-hybridized carbons (Fsp3) is 0.318. The van der Waals surface area contributed by atoms with E-state index in [1.165, 1.54) is 0 Å². The van der Waals surface area contributed by atoms with Crippen LogP contribution in [-0.4, -0.2) is 55.1 Å². The molecule has 0 bridgehead atoms. The van der Waals surface area contributed by atoms with Crippen LogP contribution in [0.5, 0.6) is 0 Å². The quantitative estimate of drug-likeness (QED) is 0.494. The highest BCUT2D eigenvalue weighted by atomic mass is 16.1. The van der Waals surface area contributed by atoms with Gasteiger partial charge in [0.05, 0.1) is 23.6 Å². The molecular formula is C22H24N8O2. The summed E-state index contributed by atoms with van der Waals surface area (Å²) in [4.78, 5) is 34.6. The number of aryl methyl sites for hydroxylation is 1. The molecule has 0 radical (unpaired) electrons. The van der Waals surface area contributed by atoms with E-state index in [0.29, 0.717) is 35.0 Å². The number of para-hydroxylation sites is 1. The van der Waals surface area contributed by atoms with Crippen LogP contribution in [0.2, 0.25) is 0 Å². The van der Waals surface area contributed by atoms with Gasteiger partial charge in [0, 0.05) is 32.9 Å². The molecular weight excluding hydrogens is 408 g/mol. The summed E-state index contributed by atoms with van der Waals surface area (Å²) in [5.74, 6) is 0.821. The molecule has 0 saturated carbocycles. The van der Waals surface area contributed by atoms with E-state index in [1.54, 1.807) is 35.0 Å². The second-order valence-electron chi connectivity index (χ2n) is 8.06. The molecule has 1 amide bonds. The van der Waals surface area contributed by atoms with E-state index in [2.05, 4.69) is 25.4 Å². The van der Waals surface area contributed by atoms with Crippen molar-refractivity contribution in [2.24, 2.45) is 13.0 Å². The number of rotatable bonds is 5. The molecule has 4 aromatic rings. The molecule has 2 N–H and O–H groups in total. The Labute approximate surface area is 183 Å². The van der Waals surface area contributed by atoms with E-state index in [9.17, 15) is 9.59 Å². The van der Waals surface area contributed by atoms with Crippen molar-refractivity contribution < 1.29 is 4.79 Å².